The molecule has 0 radical (unpaired) electrons. The lowest BCUT2D eigenvalue weighted by Gasteiger charge is -1.79. The molecule has 0 N–H and O–H groups in total. The number of hydrogen-bond donors (Lipinski definition) is 0. The third kappa shape index (κ3) is 0.986. The molecule has 0 heteroatoms. The molecule has 0 spiro atoms. The van der Waals surface area contributed by atoms with Crippen LogP contribution in [0.1, 0.15) is 26.2 Å². The number of rotatable bonds is 0. The van der Waals surface area contributed by atoms with Crippen molar-refractivity contribution in [2.75, 3.05) is 0 Å². The van der Waals surface area contributed by atoms with Gasteiger partial charge in [0.05, 0.1) is 19.3 Å². The van der Waals surface area contributed by atoms with Gasteiger partial charge in [0.1, 0.15) is 6.42 Å². The van der Waals surface area contributed by atoms with Crippen LogP contribution in [0.15, 0.2) is 12.2 Å². The first kappa shape index (κ1) is 4.76. The molecule has 0 heterocycles. The maximum absolute atomic E-state index is 3.88. The van der Waals surface area contributed by atoms with Crippen molar-refractivity contribution >= 4 is 0 Å². The van der Waals surface area contributed by atoms with Gasteiger partial charge in [0.15, 0.2) is 0 Å². The van der Waals surface area contributed by atoms with Crippen LogP contribution in [-0.2, 0) is 0 Å². The van der Waals surface area contributed by atoms with Crippen LogP contribution in [0.3, 0.4) is 0 Å². The van der Waals surface area contributed by atoms with Crippen LogP contribution in [-0.4, -0.2) is 0 Å². The molecular formula is C7H11+. The van der Waals surface area contributed by atoms with Gasteiger partial charge < -0.3 is 0 Å². The Balaban J connectivity index is 2.40. The molecule has 7 heavy (non-hydrogen) atoms. The molecule has 0 aromatic heterocycles. The second-order valence-corrected chi connectivity index (χ2v) is 2.38. The zero-order valence-electron chi connectivity index (χ0n) is 4.83. The topological polar surface area (TPSA) is 0 Å². The highest BCUT2D eigenvalue weighted by atomic mass is 14.2. The maximum atomic E-state index is 3.88. The van der Waals surface area contributed by atoms with Crippen molar-refractivity contribution < 1.29 is 0 Å². The predicted molar refractivity (Wildman–Crippen MR) is 31.9 cm³/mol. The van der Waals surface area contributed by atoms with Crippen molar-refractivity contribution in [3.8, 4) is 0 Å². The highest BCUT2D eigenvalue weighted by Crippen LogP contribution is 2.29. The molecule has 1 fully saturated rings. The first-order chi connectivity index (χ1) is 3.29. The fourth-order valence-corrected chi connectivity index (χ4v) is 0.994. The van der Waals surface area contributed by atoms with Crippen molar-refractivity contribution in [2.24, 2.45) is 0 Å². The van der Waals surface area contributed by atoms with Gasteiger partial charge in [0, 0.05) is 6.42 Å². The van der Waals surface area contributed by atoms with E-state index in [0.717, 1.165) is 0 Å². The molecule has 0 aromatic rings. The summed E-state index contributed by atoms with van der Waals surface area (Å²) in [6.07, 6.45) is 3.73. The SMILES string of the molecule is C=C1CC[C+](C)C1. The van der Waals surface area contributed by atoms with E-state index in [4.69, 9.17) is 0 Å². The molecule has 0 unspecified atom stereocenters. The average Bonchev–Trinajstić information content (AvgIpc) is 1.87. The van der Waals surface area contributed by atoms with Crippen molar-refractivity contribution in [3.63, 3.8) is 0 Å². The van der Waals surface area contributed by atoms with Crippen LogP contribution >= 0.6 is 0 Å². The summed E-state index contributed by atoms with van der Waals surface area (Å²) in [4.78, 5) is 0. The maximum Gasteiger partial charge on any atom is 0.111 e. The van der Waals surface area contributed by atoms with E-state index in [-0.39, 0.29) is 0 Å². The summed E-state index contributed by atoms with van der Waals surface area (Å²) < 4.78 is 0. The highest BCUT2D eigenvalue weighted by molar-refractivity contribution is 5.12. The van der Waals surface area contributed by atoms with E-state index >= 15 is 0 Å². The Bertz CT molecular complexity index is 82.0. The molecule has 0 nitrogen and oxygen atoms in total. The van der Waals surface area contributed by atoms with Crippen LogP contribution in [0.25, 0.3) is 0 Å². The predicted octanol–water partition coefficient (Wildman–Crippen LogP) is 2.32. The van der Waals surface area contributed by atoms with Crippen molar-refractivity contribution in [1.29, 1.82) is 0 Å². The zero-order chi connectivity index (χ0) is 5.28. The van der Waals surface area contributed by atoms with Gasteiger partial charge in [0.25, 0.3) is 0 Å². The summed E-state index contributed by atoms with van der Waals surface area (Å²) >= 11 is 0. The van der Waals surface area contributed by atoms with Crippen LogP contribution < -0.4 is 0 Å². The Labute approximate surface area is 45.2 Å². The zero-order valence-corrected chi connectivity index (χ0v) is 4.83. The van der Waals surface area contributed by atoms with Gasteiger partial charge in [-0.25, -0.2) is 0 Å². The molecule has 0 aromatic carbocycles. The average molecular weight is 95.2 g/mol. The molecule has 1 rings (SSSR count). The first-order valence-electron chi connectivity index (χ1n) is 2.77. The van der Waals surface area contributed by atoms with Gasteiger partial charge in [-0.15, -0.1) is 0 Å². The lowest BCUT2D eigenvalue weighted by molar-refractivity contribution is 0.923. The second-order valence-electron chi connectivity index (χ2n) is 2.38. The summed E-state index contributed by atoms with van der Waals surface area (Å²) in [7, 11) is 0. The lowest BCUT2D eigenvalue weighted by Crippen LogP contribution is -1.75. The van der Waals surface area contributed by atoms with Gasteiger partial charge in [-0.3, -0.25) is 0 Å². The van der Waals surface area contributed by atoms with Crippen LogP contribution in [0.2, 0.25) is 0 Å². The minimum Gasteiger partial charge on any atom is -0.0955 e. The first-order valence-corrected chi connectivity index (χ1v) is 2.77. The third-order valence-corrected chi connectivity index (χ3v) is 1.46. The molecular weight excluding hydrogens is 84.1 g/mol. The largest absolute Gasteiger partial charge is 0.111 e. The molecule has 1 aliphatic rings. The third-order valence-electron chi connectivity index (χ3n) is 1.46. The monoisotopic (exact) mass is 95.1 g/mol. The van der Waals surface area contributed by atoms with E-state index in [2.05, 4.69) is 13.5 Å². The van der Waals surface area contributed by atoms with E-state index < -0.39 is 0 Å². The number of hydrogen-bond acceptors (Lipinski definition) is 0. The fourth-order valence-electron chi connectivity index (χ4n) is 0.994. The molecule has 0 amide bonds. The van der Waals surface area contributed by atoms with E-state index in [1.807, 2.05) is 0 Å². The molecule has 0 saturated heterocycles. The standard InChI is InChI=1S/C7H11/c1-6-3-4-7(2)5-6/h1,3-5H2,2H3/q+1. The Morgan fingerprint density at radius 3 is 2.57 bits per heavy atom. The quantitative estimate of drug-likeness (QED) is 0.320. The van der Waals surface area contributed by atoms with Gasteiger partial charge in [-0.1, -0.05) is 6.58 Å². The van der Waals surface area contributed by atoms with E-state index in [9.17, 15) is 0 Å². The highest BCUT2D eigenvalue weighted by Gasteiger charge is 2.22. The van der Waals surface area contributed by atoms with E-state index in [1.165, 1.54) is 24.8 Å². The molecule has 1 saturated carbocycles. The van der Waals surface area contributed by atoms with Crippen LogP contribution in [0.5, 0.6) is 0 Å². The van der Waals surface area contributed by atoms with Crippen molar-refractivity contribution in [1.82, 2.24) is 0 Å². The second kappa shape index (κ2) is 1.61. The molecule has 38 valence electrons. The number of allylic oxidation sites excluding steroid dienone is 1. The van der Waals surface area contributed by atoms with Gasteiger partial charge >= 0.3 is 0 Å². The Hall–Kier alpha value is -0.390. The summed E-state index contributed by atoms with van der Waals surface area (Å²) in [5.41, 5.74) is 1.41. The van der Waals surface area contributed by atoms with Crippen LogP contribution in [0, 0.1) is 5.92 Å². The smallest absolute Gasteiger partial charge is 0.0955 e. The minimum atomic E-state index is 1.19. The van der Waals surface area contributed by atoms with Gasteiger partial charge in [-0.2, -0.15) is 0 Å². The normalized spacial score (nSPS) is 21.3. The lowest BCUT2D eigenvalue weighted by atomic mass is 10.1. The summed E-state index contributed by atoms with van der Waals surface area (Å²) in [5.74, 6) is 1.60. The summed E-state index contributed by atoms with van der Waals surface area (Å²) in [6, 6.07) is 0. The molecule has 1 aliphatic carbocycles. The van der Waals surface area contributed by atoms with Crippen molar-refractivity contribution in [2.45, 2.75) is 26.2 Å². The van der Waals surface area contributed by atoms with Crippen LogP contribution in [0.4, 0.5) is 0 Å². The van der Waals surface area contributed by atoms with E-state index in [0.29, 0.717) is 0 Å². The Kier molecular flexibility index (Phi) is 1.09. The summed E-state index contributed by atoms with van der Waals surface area (Å²) in [6.45, 7) is 6.09. The van der Waals surface area contributed by atoms with Gasteiger partial charge in [-0.05, 0) is 5.57 Å². The minimum absolute atomic E-state index is 1.19. The van der Waals surface area contributed by atoms with Gasteiger partial charge in [0.2, 0.25) is 0 Å². The van der Waals surface area contributed by atoms with E-state index in [1.54, 1.807) is 5.92 Å². The summed E-state index contributed by atoms with van der Waals surface area (Å²) in [5, 5.41) is 0. The fraction of sp³-hybridized carbons (Fsp3) is 0.571. The van der Waals surface area contributed by atoms with Crippen molar-refractivity contribution in [3.05, 3.63) is 18.1 Å². The molecule has 0 bridgehead atoms. The Morgan fingerprint density at radius 1 is 1.71 bits per heavy atom. The molecule has 0 atom stereocenters. The Morgan fingerprint density at radius 2 is 2.43 bits per heavy atom. The molecule has 0 aliphatic heterocycles.